The summed E-state index contributed by atoms with van der Waals surface area (Å²) in [6, 6.07) is 3.59. The summed E-state index contributed by atoms with van der Waals surface area (Å²) in [7, 11) is -1.56. The highest BCUT2D eigenvalue weighted by molar-refractivity contribution is 7.86. The first kappa shape index (κ1) is 22.1. The third-order valence-corrected chi connectivity index (χ3v) is 6.69. The van der Waals surface area contributed by atoms with Crippen molar-refractivity contribution in [2.75, 3.05) is 15.8 Å². The lowest BCUT2D eigenvalue weighted by molar-refractivity contribution is 0.0856. The highest BCUT2D eigenvalue weighted by atomic mass is 32.2. The van der Waals surface area contributed by atoms with Crippen molar-refractivity contribution in [2.24, 2.45) is 5.92 Å². The number of aromatic nitrogens is 2. The van der Waals surface area contributed by atoms with E-state index in [2.05, 4.69) is 20.0 Å². The average molecular weight is 467 g/mol. The number of fused-ring (bicyclic) bond motifs is 1. The van der Waals surface area contributed by atoms with Gasteiger partial charge in [-0.25, -0.2) is 18.0 Å². The topological polar surface area (TPSA) is 104 Å². The Morgan fingerprint density at radius 3 is 2.78 bits per heavy atom. The summed E-state index contributed by atoms with van der Waals surface area (Å²) >= 11 is 0. The van der Waals surface area contributed by atoms with Crippen LogP contribution in [0.4, 0.5) is 20.2 Å². The molecular formula is C22H28F2N4O3S. The number of carbonyl (C=O) groups is 2. The predicted octanol–water partition coefficient (Wildman–Crippen LogP) is 5.30. The second-order valence-electron chi connectivity index (χ2n) is 7.70. The summed E-state index contributed by atoms with van der Waals surface area (Å²) in [6.45, 7) is 1.82. The first-order valence-electron chi connectivity index (χ1n) is 10.3. The Bertz CT molecular complexity index is 1240. The summed E-state index contributed by atoms with van der Waals surface area (Å²) in [5, 5.41) is 2.97. The van der Waals surface area contributed by atoms with E-state index in [9.17, 15) is 22.6 Å². The van der Waals surface area contributed by atoms with Gasteiger partial charge in [0.05, 0.1) is 17.6 Å². The fourth-order valence-corrected chi connectivity index (χ4v) is 4.43. The molecule has 1 amide bonds. The van der Waals surface area contributed by atoms with Crippen LogP contribution in [-0.2, 0) is 11.0 Å². The molecule has 3 N–H and O–H groups in total. The molecular weight excluding hydrogens is 438 g/mol. The van der Waals surface area contributed by atoms with Gasteiger partial charge < -0.3 is 15.0 Å². The van der Waals surface area contributed by atoms with Crippen LogP contribution in [0.25, 0.3) is 11.0 Å². The molecule has 10 heteroatoms. The summed E-state index contributed by atoms with van der Waals surface area (Å²) in [6.07, 6.45) is 6.26. The SMILES string of the molecule is CCCS(=O)Nc1ccc(F)c(C(=O)Nc2cnc3[nH]cc(C(=O)C4CCC4)c3c2)c1F.[HH].[HH].[HH]. The number of hydrogen-bond donors (Lipinski definition) is 3. The number of amides is 1. The smallest absolute Gasteiger partial charge is 0.261 e. The van der Waals surface area contributed by atoms with Crippen molar-refractivity contribution in [3.8, 4) is 0 Å². The maximum Gasteiger partial charge on any atom is 0.261 e. The standard InChI is InChI=1S/C22H22F2N4O3S.3H2/c1-2-8-32(31)28-17-7-6-16(23)18(19(17)24)22(30)27-13-9-14-15(11-26-21(14)25-10-13)20(29)12-4-3-5-12;;;/h6-7,9-12,28H,2-5,8H2,1H3,(H,25,26)(H,27,30);3*1H. The van der Waals surface area contributed by atoms with Gasteiger partial charge in [-0.05, 0) is 37.5 Å². The molecule has 2 aromatic heterocycles. The molecule has 1 unspecified atom stereocenters. The minimum absolute atomic E-state index is 0. The van der Waals surface area contributed by atoms with Crippen LogP contribution in [0.5, 0.6) is 0 Å². The van der Waals surface area contributed by atoms with Gasteiger partial charge in [-0.1, -0.05) is 13.3 Å². The normalized spacial score (nSPS) is 14.7. The molecule has 2 heterocycles. The van der Waals surface area contributed by atoms with Gasteiger partial charge in [-0.2, -0.15) is 0 Å². The Balaban J connectivity index is 0.00000204. The number of pyridine rings is 1. The van der Waals surface area contributed by atoms with Crippen molar-refractivity contribution in [1.82, 2.24) is 9.97 Å². The van der Waals surface area contributed by atoms with Crippen LogP contribution in [0.2, 0.25) is 0 Å². The van der Waals surface area contributed by atoms with Gasteiger partial charge >= 0.3 is 0 Å². The average Bonchev–Trinajstić information content (AvgIpc) is 3.12. The molecule has 1 fully saturated rings. The van der Waals surface area contributed by atoms with Crippen molar-refractivity contribution < 1.29 is 26.9 Å². The lowest BCUT2D eigenvalue weighted by Crippen LogP contribution is -2.21. The second kappa shape index (κ2) is 9.15. The summed E-state index contributed by atoms with van der Waals surface area (Å²) in [5.41, 5.74) is 0.124. The van der Waals surface area contributed by atoms with Crippen molar-refractivity contribution in [3.63, 3.8) is 0 Å². The third kappa shape index (κ3) is 4.27. The van der Waals surface area contributed by atoms with Gasteiger partial charge in [-0.15, -0.1) is 0 Å². The number of anilines is 2. The number of benzene rings is 1. The Hall–Kier alpha value is -3.14. The maximum atomic E-state index is 14.8. The molecule has 174 valence electrons. The van der Waals surface area contributed by atoms with Crippen LogP contribution >= 0.6 is 0 Å². The van der Waals surface area contributed by atoms with E-state index in [0.29, 0.717) is 23.0 Å². The van der Waals surface area contributed by atoms with E-state index in [4.69, 9.17) is 0 Å². The highest BCUT2D eigenvalue weighted by Crippen LogP contribution is 2.32. The van der Waals surface area contributed by atoms with Crippen LogP contribution in [0.3, 0.4) is 0 Å². The number of nitrogens with one attached hydrogen (secondary N) is 3. The number of aromatic amines is 1. The zero-order valence-electron chi connectivity index (χ0n) is 17.3. The van der Waals surface area contributed by atoms with Gasteiger partial charge in [-0.3, -0.25) is 9.59 Å². The Kier molecular flexibility index (Phi) is 6.31. The molecule has 1 aromatic carbocycles. The van der Waals surface area contributed by atoms with Gasteiger partial charge in [0.15, 0.2) is 11.6 Å². The van der Waals surface area contributed by atoms with Crippen molar-refractivity contribution in [3.05, 3.63) is 53.4 Å². The Labute approximate surface area is 190 Å². The van der Waals surface area contributed by atoms with E-state index >= 15 is 0 Å². The lowest BCUT2D eigenvalue weighted by Gasteiger charge is -2.23. The van der Waals surface area contributed by atoms with E-state index in [1.54, 1.807) is 12.3 Å². The predicted molar refractivity (Wildman–Crippen MR) is 125 cm³/mol. The minimum atomic E-state index is -1.56. The second-order valence-corrected chi connectivity index (χ2v) is 9.01. The third-order valence-electron chi connectivity index (χ3n) is 5.46. The van der Waals surface area contributed by atoms with E-state index < -0.39 is 34.1 Å². The molecule has 1 saturated carbocycles. The number of halogens is 2. The van der Waals surface area contributed by atoms with E-state index in [0.717, 1.165) is 31.4 Å². The lowest BCUT2D eigenvalue weighted by atomic mass is 9.80. The van der Waals surface area contributed by atoms with Gasteiger partial charge in [0.25, 0.3) is 5.91 Å². The molecule has 1 aliphatic carbocycles. The number of nitrogens with zero attached hydrogens (tertiary/aromatic N) is 1. The van der Waals surface area contributed by atoms with E-state index in [1.807, 2.05) is 6.92 Å². The molecule has 7 nitrogen and oxygen atoms in total. The van der Waals surface area contributed by atoms with E-state index in [1.165, 1.54) is 6.20 Å². The van der Waals surface area contributed by atoms with Crippen molar-refractivity contribution >= 4 is 45.1 Å². The number of hydrogen-bond acceptors (Lipinski definition) is 4. The molecule has 4 rings (SSSR count). The van der Waals surface area contributed by atoms with Crippen LogP contribution in [0.1, 0.15) is 57.6 Å². The van der Waals surface area contributed by atoms with Gasteiger partial charge in [0.2, 0.25) is 0 Å². The molecule has 1 aliphatic rings. The first-order chi connectivity index (χ1) is 15.4. The zero-order chi connectivity index (χ0) is 22.8. The van der Waals surface area contributed by atoms with Gasteiger partial charge in [0, 0.05) is 33.1 Å². The molecule has 0 radical (unpaired) electrons. The Morgan fingerprint density at radius 2 is 2.09 bits per heavy atom. The summed E-state index contributed by atoms with van der Waals surface area (Å²) in [5.74, 6) is -2.92. The fourth-order valence-electron chi connectivity index (χ4n) is 3.56. The molecule has 1 atom stereocenters. The van der Waals surface area contributed by atoms with Crippen LogP contribution in [-0.4, -0.2) is 31.6 Å². The molecule has 0 bridgehead atoms. The molecule has 32 heavy (non-hydrogen) atoms. The number of rotatable bonds is 8. The van der Waals surface area contributed by atoms with Crippen molar-refractivity contribution in [1.29, 1.82) is 0 Å². The van der Waals surface area contributed by atoms with Crippen LogP contribution in [0, 0.1) is 17.6 Å². The van der Waals surface area contributed by atoms with Gasteiger partial charge in [0.1, 0.15) is 28.0 Å². The quantitative estimate of drug-likeness (QED) is 0.392. The van der Waals surface area contributed by atoms with Crippen LogP contribution < -0.4 is 10.0 Å². The largest absolute Gasteiger partial charge is 0.345 e. The summed E-state index contributed by atoms with van der Waals surface area (Å²) < 4.78 is 43.5. The monoisotopic (exact) mass is 466 g/mol. The minimum Gasteiger partial charge on any atom is -0.345 e. The Morgan fingerprint density at radius 1 is 1.31 bits per heavy atom. The number of ketones is 1. The molecule has 0 saturated heterocycles. The summed E-state index contributed by atoms with van der Waals surface area (Å²) in [4.78, 5) is 32.5. The number of H-pyrrole nitrogens is 1. The fraction of sp³-hybridized carbons (Fsp3) is 0.318. The van der Waals surface area contributed by atoms with Crippen LogP contribution in [0.15, 0.2) is 30.6 Å². The first-order valence-corrected chi connectivity index (χ1v) is 11.7. The number of Topliss-reactive ketones (excluding diaryl/α,β-unsaturated/α-hetero) is 1. The highest BCUT2D eigenvalue weighted by Gasteiger charge is 2.28. The zero-order valence-corrected chi connectivity index (χ0v) is 18.2. The number of carbonyl (C=O) groups excluding carboxylic acids is 2. The van der Waals surface area contributed by atoms with E-state index in [-0.39, 0.29) is 33.1 Å². The molecule has 0 spiro atoms. The maximum absolute atomic E-state index is 14.8. The molecule has 3 aromatic rings. The van der Waals surface area contributed by atoms with Crippen molar-refractivity contribution in [2.45, 2.75) is 32.6 Å². The molecule has 0 aliphatic heterocycles.